The molecule has 0 atom stereocenters. The van der Waals surface area contributed by atoms with E-state index in [0.29, 0.717) is 13.1 Å². The third kappa shape index (κ3) is 5.48. The van der Waals surface area contributed by atoms with Crippen molar-refractivity contribution in [2.75, 3.05) is 13.1 Å². The Morgan fingerprint density at radius 1 is 0.667 bits per heavy atom. The van der Waals surface area contributed by atoms with Gasteiger partial charge in [0.05, 0.1) is 0 Å². The molecule has 0 aliphatic carbocycles. The summed E-state index contributed by atoms with van der Waals surface area (Å²) < 4.78 is 0. The largest absolute Gasteiger partial charge is 0.508 e. The van der Waals surface area contributed by atoms with Crippen LogP contribution in [-0.4, -0.2) is 35.7 Å². The molecule has 0 unspecified atom stereocenters. The van der Waals surface area contributed by atoms with Crippen LogP contribution < -0.4 is 0 Å². The number of aliphatic imine (C=N–C) groups is 2. The molecule has 0 saturated heterocycles. The Hall–Kier alpha value is -2.62. The van der Waals surface area contributed by atoms with Gasteiger partial charge in [-0.1, -0.05) is 0 Å². The minimum absolute atomic E-state index is 0.260. The number of aromatic hydroxyl groups is 2. The molecule has 4 nitrogen and oxygen atoms in total. The molecule has 0 aliphatic rings. The Morgan fingerprint density at radius 3 is 1.43 bits per heavy atom. The number of benzene rings is 2. The maximum absolute atomic E-state index is 9.16. The highest BCUT2D eigenvalue weighted by atomic mass is 16.3. The van der Waals surface area contributed by atoms with Crippen molar-refractivity contribution in [3.63, 3.8) is 0 Å². The summed E-state index contributed by atoms with van der Waals surface area (Å²) in [5.41, 5.74) is 1.95. The van der Waals surface area contributed by atoms with Gasteiger partial charge in [0.1, 0.15) is 11.5 Å². The number of phenols is 2. The fourth-order valence-electron chi connectivity index (χ4n) is 1.71. The first kappa shape index (κ1) is 14.8. The maximum Gasteiger partial charge on any atom is 0.115 e. The van der Waals surface area contributed by atoms with Crippen LogP contribution in [0, 0.1) is 0 Å². The summed E-state index contributed by atoms with van der Waals surface area (Å²) in [4.78, 5) is 8.63. The molecule has 2 rings (SSSR count). The van der Waals surface area contributed by atoms with Crippen molar-refractivity contribution in [3.05, 3.63) is 59.7 Å². The topological polar surface area (TPSA) is 65.2 Å². The third-order valence-corrected chi connectivity index (χ3v) is 2.84. The van der Waals surface area contributed by atoms with Gasteiger partial charge in [0.2, 0.25) is 0 Å². The third-order valence-electron chi connectivity index (χ3n) is 2.84. The quantitative estimate of drug-likeness (QED) is 0.632. The van der Waals surface area contributed by atoms with Crippen molar-refractivity contribution >= 4 is 12.4 Å². The molecule has 0 aliphatic heterocycles. The van der Waals surface area contributed by atoms with E-state index in [9.17, 15) is 0 Å². The van der Waals surface area contributed by atoms with Gasteiger partial charge in [0.15, 0.2) is 0 Å². The van der Waals surface area contributed by atoms with Gasteiger partial charge in [-0.05, 0) is 66.1 Å². The predicted molar refractivity (Wildman–Crippen MR) is 85.8 cm³/mol. The second-order valence-corrected chi connectivity index (χ2v) is 4.61. The first-order valence-electron chi connectivity index (χ1n) is 6.82. The molecule has 0 saturated carbocycles. The molecule has 2 aromatic rings. The van der Waals surface area contributed by atoms with E-state index in [2.05, 4.69) is 9.98 Å². The van der Waals surface area contributed by atoms with Crippen molar-refractivity contribution in [1.29, 1.82) is 0 Å². The van der Waals surface area contributed by atoms with Gasteiger partial charge in [-0.2, -0.15) is 0 Å². The van der Waals surface area contributed by atoms with E-state index in [-0.39, 0.29) is 11.5 Å². The summed E-state index contributed by atoms with van der Waals surface area (Å²) in [6.45, 7) is 1.43. The van der Waals surface area contributed by atoms with Crippen LogP contribution in [0.1, 0.15) is 17.5 Å². The summed E-state index contributed by atoms with van der Waals surface area (Å²) >= 11 is 0. The van der Waals surface area contributed by atoms with Crippen LogP contribution in [0.5, 0.6) is 11.5 Å². The van der Waals surface area contributed by atoms with Crippen molar-refractivity contribution in [2.24, 2.45) is 9.98 Å². The van der Waals surface area contributed by atoms with E-state index >= 15 is 0 Å². The zero-order valence-corrected chi connectivity index (χ0v) is 11.7. The Labute approximate surface area is 124 Å². The van der Waals surface area contributed by atoms with Gasteiger partial charge in [-0.15, -0.1) is 0 Å². The second-order valence-electron chi connectivity index (χ2n) is 4.61. The number of hydrogen-bond acceptors (Lipinski definition) is 4. The number of hydrogen-bond donors (Lipinski definition) is 2. The van der Waals surface area contributed by atoms with E-state index in [0.717, 1.165) is 17.5 Å². The molecule has 108 valence electrons. The molecule has 2 aromatic carbocycles. The summed E-state index contributed by atoms with van der Waals surface area (Å²) in [5, 5.41) is 18.3. The Balaban J connectivity index is 1.67. The number of rotatable bonds is 6. The van der Waals surface area contributed by atoms with Crippen LogP contribution in [0.15, 0.2) is 58.5 Å². The molecular weight excluding hydrogens is 264 g/mol. The average Bonchev–Trinajstić information content (AvgIpc) is 2.50. The van der Waals surface area contributed by atoms with Crippen molar-refractivity contribution < 1.29 is 10.2 Å². The van der Waals surface area contributed by atoms with Gasteiger partial charge < -0.3 is 10.2 Å². The van der Waals surface area contributed by atoms with Crippen LogP contribution in [0.3, 0.4) is 0 Å². The standard InChI is InChI=1S/C17H18N2O2/c20-16-6-2-14(3-7-16)12-18-10-1-11-19-13-15-4-8-17(21)9-5-15/h2-9,12-13,20-21H,1,10-11H2. The van der Waals surface area contributed by atoms with Gasteiger partial charge in [-0.3, -0.25) is 9.98 Å². The molecule has 0 bridgehead atoms. The molecule has 21 heavy (non-hydrogen) atoms. The monoisotopic (exact) mass is 282 g/mol. The average molecular weight is 282 g/mol. The highest BCUT2D eigenvalue weighted by molar-refractivity contribution is 5.80. The Bertz CT molecular complexity index is 546. The SMILES string of the molecule is Oc1ccc(C=NCCCN=Cc2ccc(O)cc2)cc1. The lowest BCUT2D eigenvalue weighted by Crippen LogP contribution is -1.89. The fourth-order valence-corrected chi connectivity index (χ4v) is 1.71. The lowest BCUT2D eigenvalue weighted by Gasteiger charge is -1.95. The summed E-state index contributed by atoms with van der Waals surface area (Å²) in [6.07, 6.45) is 4.47. The van der Waals surface area contributed by atoms with Crippen LogP contribution in [0.25, 0.3) is 0 Å². The lowest BCUT2D eigenvalue weighted by atomic mass is 10.2. The molecule has 2 N–H and O–H groups in total. The highest BCUT2D eigenvalue weighted by Gasteiger charge is 1.90. The number of nitrogens with zero attached hydrogens (tertiary/aromatic N) is 2. The molecule has 0 heterocycles. The first-order chi connectivity index (χ1) is 10.2. The van der Waals surface area contributed by atoms with Gasteiger partial charge >= 0.3 is 0 Å². The highest BCUT2D eigenvalue weighted by Crippen LogP contribution is 2.08. The zero-order valence-electron chi connectivity index (χ0n) is 11.7. The van der Waals surface area contributed by atoms with E-state index in [1.807, 2.05) is 24.3 Å². The van der Waals surface area contributed by atoms with Crippen molar-refractivity contribution in [1.82, 2.24) is 0 Å². The molecule has 0 radical (unpaired) electrons. The van der Waals surface area contributed by atoms with E-state index in [4.69, 9.17) is 10.2 Å². The minimum atomic E-state index is 0.260. The molecule has 0 fully saturated rings. The summed E-state index contributed by atoms with van der Waals surface area (Å²) in [6, 6.07) is 13.9. The van der Waals surface area contributed by atoms with Crippen LogP contribution in [-0.2, 0) is 0 Å². The van der Waals surface area contributed by atoms with Crippen LogP contribution in [0.4, 0.5) is 0 Å². The minimum Gasteiger partial charge on any atom is -0.508 e. The second kappa shape index (κ2) is 7.85. The molecule has 0 spiro atoms. The van der Waals surface area contributed by atoms with Gasteiger partial charge in [-0.25, -0.2) is 0 Å². The smallest absolute Gasteiger partial charge is 0.115 e. The molecule has 4 heteroatoms. The summed E-state index contributed by atoms with van der Waals surface area (Å²) in [7, 11) is 0. The van der Waals surface area contributed by atoms with Crippen LogP contribution in [0.2, 0.25) is 0 Å². The predicted octanol–water partition coefficient (Wildman–Crippen LogP) is 3.03. The zero-order chi connectivity index (χ0) is 14.9. The van der Waals surface area contributed by atoms with Crippen LogP contribution >= 0.6 is 0 Å². The Kier molecular flexibility index (Phi) is 5.52. The van der Waals surface area contributed by atoms with E-state index < -0.39 is 0 Å². The first-order valence-corrected chi connectivity index (χ1v) is 6.82. The fraction of sp³-hybridized carbons (Fsp3) is 0.176. The normalized spacial score (nSPS) is 11.4. The lowest BCUT2D eigenvalue weighted by molar-refractivity contribution is 0.475. The van der Waals surface area contributed by atoms with Gasteiger partial charge in [0, 0.05) is 25.5 Å². The molecule has 0 aromatic heterocycles. The molecule has 0 amide bonds. The summed E-state index contributed by atoms with van der Waals surface area (Å²) in [5.74, 6) is 0.520. The van der Waals surface area contributed by atoms with E-state index in [1.54, 1.807) is 36.7 Å². The maximum atomic E-state index is 9.16. The van der Waals surface area contributed by atoms with E-state index in [1.165, 1.54) is 0 Å². The van der Waals surface area contributed by atoms with Crippen molar-refractivity contribution in [2.45, 2.75) is 6.42 Å². The van der Waals surface area contributed by atoms with Gasteiger partial charge in [0.25, 0.3) is 0 Å². The van der Waals surface area contributed by atoms with Crippen molar-refractivity contribution in [3.8, 4) is 11.5 Å². The Morgan fingerprint density at radius 2 is 1.05 bits per heavy atom. The molecular formula is C17H18N2O2. The number of phenolic OH excluding ortho intramolecular Hbond substituents is 2.